The molecule has 0 atom stereocenters. The molecule has 0 saturated carbocycles. The van der Waals surface area contributed by atoms with Crippen LogP contribution in [0, 0.1) is 5.82 Å². The smallest absolute Gasteiger partial charge is 0.224 e. The lowest BCUT2D eigenvalue weighted by atomic mass is 10.1. The van der Waals surface area contributed by atoms with Crippen molar-refractivity contribution >= 4 is 33.2 Å². The van der Waals surface area contributed by atoms with Crippen molar-refractivity contribution in [3.63, 3.8) is 0 Å². The van der Waals surface area contributed by atoms with Crippen molar-refractivity contribution in [1.82, 2.24) is 9.62 Å². The predicted octanol–water partition coefficient (Wildman–Crippen LogP) is 2.68. The Labute approximate surface area is 181 Å². The van der Waals surface area contributed by atoms with Gasteiger partial charge in [-0.3, -0.25) is 4.79 Å². The van der Waals surface area contributed by atoms with Gasteiger partial charge < -0.3 is 10.2 Å². The maximum atomic E-state index is 13.9. The van der Waals surface area contributed by atoms with Gasteiger partial charge >= 0.3 is 0 Å². The molecule has 1 aliphatic heterocycles. The van der Waals surface area contributed by atoms with Crippen LogP contribution in [0.25, 0.3) is 0 Å². The average molecular weight is 454 g/mol. The first-order valence-corrected chi connectivity index (χ1v) is 11.8. The van der Waals surface area contributed by atoms with Gasteiger partial charge in [-0.15, -0.1) is 0 Å². The molecular formula is C21H25ClFN3O3S. The molecule has 0 radical (unpaired) electrons. The first kappa shape index (κ1) is 22.5. The van der Waals surface area contributed by atoms with Crippen LogP contribution in [0.5, 0.6) is 0 Å². The van der Waals surface area contributed by atoms with Crippen molar-refractivity contribution < 1.29 is 17.6 Å². The molecule has 1 aliphatic rings. The summed E-state index contributed by atoms with van der Waals surface area (Å²) in [5.74, 6) is -0.542. The first-order valence-electron chi connectivity index (χ1n) is 9.84. The normalized spacial score (nSPS) is 15.2. The minimum atomic E-state index is -3.42. The highest BCUT2D eigenvalue weighted by atomic mass is 35.5. The zero-order valence-electron chi connectivity index (χ0n) is 16.6. The summed E-state index contributed by atoms with van der Waals surface area (Å²) < 4.78 is 40.5. The number of nitrogens with zero attached hydrogens (tertiary/aromatic N) is 2. The first-order chi connectivity index (χ1) is 14.4. The number of piperazine rings is 1. The monoisotopic (exact) mass is 453 g/mol. The van der Waals surface area contributed by atoms with Crippen LogP contribution in [-0.4, -0.2) is 57.1 Å². The number of sulfonamides is 1. The Hall–Kier alpha value is -2.16. The summed E-state index contributed by atoms with van der Waals surface area (Å²) >= 11 is 6.04. The molecule has 1 heterocycles. The van der Waals surface area contributed by atoms with E-state index in [4.69, 9.17) is 11.6 Å². The highest BCUT2D eigenvalue weighted by Crippen LogP contribution is 2.21. The van der Waals surface area contributed by atoms with Gasteiger partial charge in [-0.1, -0.05) is 41.9 Å². The maximum Gasteiger partial charge on any atom is 0.224 e. The molecule has 6 nitrogen and oxygen atoms in total. The van der Waals surface area contributed by atoms with E-state index in [-0.39, 0.29) is 30.4 Å². The molecule has 1 fully saturated rings. The Morgan fingerprint density at radius 2 is 1.70 bits per heavy atom. The van der Waals surface area contributed by atoms with E-state index in [2.05, 4.69) is 5.32 Å². The number of carbonyl (C=O) groups is 1. The highest BCUT2D eigenvalue weighted by molar-refractivity contribution is 7.89. The fourth-order valence-corrected chi connectivity index (χ4v) is 5.09. The third-order valence-corrected chi connectivity index (χ3v) is 7.36. The predicted molar refractivity (Wildman–Crippen MR) is 117 cm³/mol. The number of anilines is 1. The SMILES string of the molecule is O=C(Cc1ccccc1Cl)NCCCS(=O)(=O)N1CCN(c2ccccc2F)CC1. The standard InChI is InChI=1S/C21H25ClFN3O3S/c22-18-7-2-1-6-17(18)16-21(27)24-10-5-15-30(28,29)26-13-11-25(12-14-26)20-9-4-3-8-19(20)23/h1-4,6-9H,5,10-16H2,(H,24,27). The highest BCUT2D eigenvalue weighted by Gasteiger charge is 2.27. The lowest BCUT2D eigenvalue weighted by molar-refractivity contribution is -0.120. The number of nitrogens with one attached hydrogen (secondary N) is 1. The Morgan fingerprint density at radius 3 is 2.40 bits per heavy atom. The lowest BCUT2D eigenvalue weighted by Crippen LogP contribution is -2.49. The van der Waals surface area contributed by atoms with Crippen molar-refractivity contribution in [2.75, 3.05) is 43.4 Å². The van der Waals surface area contributed by atoms with Crippen LogP contribution in [-0.2, 0) is 21.2 Å². The summed E-state index contributed by atoms with van der Waals surface area (Å²) in [4.78, 5) is 13.9. The van der Waals surface area contributed by atoms with Crippen molar-refractivity contribution in [3.8, 4) is 0 Å². The van der Waals surface area contributed by atoms with Gasteiger partial charge in [0.2, 0.25) is 15.9 Å². The van der Waals surface area contributed by atoms with Gasteiger partial charge in [-0.05, 0) is 30.2 Å². The molecule has 30 heavy (non-hydrogen) atoms. The van der Waals surface area contributed by atoms with Gasteiger partial charge in [0.15, 0.2) is 0 Å². The summed E-state index contributed by atoms with van der Waals surface area (Å²) in [7, 11) is -3.42. The van der Waals surface area contributed by atoms with Crippen molar-refractivity contribution in [2.24, 2.45) is 0 Å². The summed E-state index contributed by atoms with van der Waals surface area (Å²) in [6.45, 7) is 1.78. The molecule has 9 heteroatoms. The maximum absolute atomic E-state index is 13.9. The Balaban J connectivity index is 1.41. The number of para-hydroxylation sites is 1. The number of rotatable bonds is 8. The van der Waals surface area contributed by atoms with Crippen LogP contribution in [0.2, 0.25) is 5.02 Å². The fraction of sp³-hybridized carbons (Fsp3) is 0.381. The van der Waals surface area contributed by atoms with E-state index < -0.39 is 10.0 Å². The van der Waals surface area contributed by atoms with E-state index in [1.807, 2.05) is 11.0 Å². The number of amides is 1. The minimum Gasteiger partial charge on any atom is -0.367 e. The molecule has 0 aliphatic carbocycles. The zero-order valence-corrected chi connectivity index (χ0v) is 18.1. The zero-order chi connectivity index (χ0) is 21.6. The van der Waals surface area contributed by atoms with E-state index >= 15 is 0 Å². The second-order valence-corrected chi connectivity index (χ2v) is 9.62. The van der Waals surface area contributed by atoms with E-state index in [9.17, 15) is 17.6 Å². The van der Waals surface area contributed by atoms with E-state index in [0.717, 1.165) is 5.56 Å². The largest absolute Gasteiger partial charge is 0.367 e. The third-order valence-electron chi connectivity index (χ3n) is 5.04. The number of halogens is 2. The molecule has 0 spiro atoms. The molecule has 3 rings (SSSR count). The third kappa shape index (κ3) is 5.93. The topological polar surface area (TPSA) is 69.7 Å². The molecule has 2 aromatic carbocycles. The molecule has 0 bridgehead atoms. The van der Waals surface area contributed by atoms with E-state index in [1.54, 1.807) is 36.4 Å². The van der Waals surface area contributed by atoms with Crippen molar-refractivity contribution in [2.45, 2.75) is 12.8 Å². The van der Waals surface area contributed by atoms with Crippen LogP contribution in [0.3, 0.4) is 0 Å². The molecule has 162 valence electrons. The molecule has 0 unspecified atom stereocenters. The summed E-state index contributed by atoms with van der Waals surface area (Å²) in [6.07, 6.45) is 0.481. The summed E-state index contributed by atoms with van der Waals surface area (Å²) in [6, 6.07) is 13.6. The van der Waals surface area contributed by atoms with Crippen LogP contribution in [0.15, 0.2) is 48.5 Å². The van der Waals surface area contributed by atoms with Gasteiger partial charge in [0, 0.05) is 37.7 Å². The number of hydrogen-bond acceptors (Lipinski definition) is 4. The quantitative estimate of drug-likeness (QED) is 0.624. The van der Waals surface area contributed by atoms with Crippen LogP contribution < -0.4 is 10.2 Å². The second-order valence-electron chi connectivity index (χ2n) is 7.13. The molecule has 2 aromatic rings. The van der Waals surface area contributed by atoms with Gasteiger partial charge in [-0.2, -0.15) is 4.31 Å². The number of carbonyl (C=O) groups excluding carboxylic acids is 1. The van der Waals surface area contributed by atoms with Gasteiger partial charge in [0.05, 0.1) is 17.9 Å². The Morgan fingerprint density at radius 1 is 1.03 bits per heavy atom. The van der Waals surface area contributed by atoms with Gasteiger partial charge in [-0.25, -0.2) is 12.8 Å². The Bertz CT molecular complexity index is 979. The fourth-order valence-electron chi connectivity index (χ4n) is 3.40. The van der Waals surface area contributed by atoms with Gasteiger partial charge in [0.1, 0.15) is 5.82 Å². The van der Waals surface area contributed by atoms with Crippen molar-refractivity contribution in [1.29, 1.82) is 0 Å². The number of hydrogen-bond donors (Lipinski definition) is 1. The molecule has 1 amide bonds. The van der Waals surface area contributed by atoms with Crippen LogP contribution in [0.1, 0.15) is 12.0 Å². The Kier molecular flexibility index (Phi) is 7.69. The van der Waals surface area contributed by atoms with Crippen LogP contribution >= 0.6 is 11.6 Å². The summed E-state index contributed by atoms with van der Waals surface area (Å²) in [5, 5.41) is 3.27. The van der Waals surface area contributed by atoms with Crippen molar-refractivity contribution in [3.05, 3.63) is 64.9 Å². The van der Waals surface area contributed by atoms with Crippen LogP contribution in [0.4, 0.5) is 10.1 Å². The van der Waals surface area contributed by atoms with E-state index in [0.29, 0.717) is 43.3 Å². The number of benzene rings is 2. The van der Waals surface area contributed by atoms with E-state index in [1.165, 1.54) is 10.4 Å². The van der Waals surface area contributed by atoms with Gasteiger partial charge in [0.25, 0.3) is 0 Å². The minimum absolute atomic E-state index is 0.0426. The molecule has 1 N–H and O–H groups in total. The summed E-state index contributed by atoms with van der Waals surface area (Å²) in [5.41, 5.74) is 1.23. The second kappa shape index (κ2) is 10.2. The molecule has 1 saturated heterocycles. The molecular weight excluding hydrogens is 429 g/mol. The molecule has 0 aromatic heterocycles. The lowest BCUT2D eigenvalue weighted by Gasteiger charge is -2.35. The average Bonchev–Trinajstić information content (AvgIpc) is 2.73.